The number of nitrogens with one attached hydrogen (secondary N) is 1. The third kappa shape index (κ3) is 2.25. The van der Waals surface area contributed by atoms with Crippen molar-refractivity contribution in [1.29, 1.82) is 0 Å². The van der Waals surface area contributed by atoms with Gasteiger partial charge in [0, 0.05) is 12.5 Å². The Hall–Kier alpha value is -1.60. The predicted octanol–water partition coefficient (Wildman–Crippen LogP) is 3.10. The van der Waals surface area contributed by atoms with E-state index in [1.165, 1.54) is 11.1 Å². The van der Waals surface area contributed by atoms with E-state index >= 15 is 0 Å². The fourth-order valence-corrected chi connectivity index (χ4v) is 1.80. The molecule has 75 valence electrons. The van der Waals surface area contributed by atoms with Crippen LogP contribution in [0.4, 0.5) is 0 Å². The molecule has 0 amide bonds. The molecule has 0 aromatic heterocycles. The lowest BCUT2D eigenvalue weighted by Gasteiger charge is -2.14. The highest BCUT2D eigenvalue weighted by Gasteiger charge is 2.10. The van der Waals surface area contributed by atoms with E-state index in [1.54, 1.807) is 0 Å². The monoisotopic (exact) mass is 196 g/mol. The molecule has 1 heteroatoms. The molecule has 2 aromatic rings. The smallest absolute Gasteiger partial charge is 0.0228 e. The molecular formula is C14H14N. The first-order valence-electron chi connectivity index (χ1n) is 5.16. The number of benzene rings is 2. The highest BCUT2D eigenvalue weighted by atomic mass is 14.5. The minimum atomic E-state index is 0.201. The lowest BCUT2D eigenvalue weighted by Crippen LogP contribution is -2.06. The van der Waals surface area contributed by atoms with Crippen LogP contribution in [0.2, 0.25) is 0 Å². The first-order valence-corrected chi connectivity index (χ1v) is 5.16. The van der Waals surface area contributed by atoms with E-state index < -0.39 is 0 Å². The molecule has 1 nitrogen and oxygen atoms in total. The van der Waals surface area contributed by atoms with Gasteiger partial charge < -0.3 is 0 Å². The zero-order valence-corrected chi connectivity index (χ0v) is 8.56. The van der Waals surface area contributed by atoms with Crippen molar-refractivity contribution < 1.29 is 0 Å². The molecule has 0 bridgehead atoms. The first kappa shape index (κ1) is 9.94. The Balaban J connectivity index is 2.34. The number of rotatable bonds is 3. The van der Waals surface area contributed by atoms with Crippen molar-refractivity contribution in [2.24, 2.45) is 0 Å². The fraction of sp³-hybridized carbons (Fsp3) is 0.143. The molecule has 1 radical (unpaired) electrons. The van der Waals surface area contributed by atoms with Crippen LogP contribution >= 0.6 is 0 Å². The van der Waals surface area contributed by atoms with Gasteiger partial charge in [-0.2, -0.15) is 0 Å². The second-order valence-electron chi connectivity index (χ2n) is 3.58. The summed E-state index contributed by atoms with van der Waals surface area (Å²) in [6, 6.07) is 20.5. The molecule has 0 saturated carbocycles. The fourth-order valence-electron chi connectivity index (χ4n) is 1.80. The quantitative estimate of drug-likeness (QED) is 0.720. The van der Waals surface area contributed by atoms with Crippen molar-refractivity contribution >= 4 is 0 Å². The molecule has 0 spiro atoms. The van der Waals surface area contributed by atoms with E-state index in [0.717, 1.165) is 0 Å². The maximum absolute atomic E-state index is 7.63. The summed E-state index contributed by atoms with van der Waals surface area (Å²) < 4.78 is 0. The van der Waals surface area contributed by atoms with Gasteiger partial charge in [-0.15, -0.1) is 0 Å². The third-order valence-electron chi connectivity index (χ3n) is 2.61. The summed E-state index contributed by atoms with van der Waals surface area (Å²) in [7, 11) is 0. The molecule has 2 rings (SSSR count). The van der Waals surface area contributed by atoms with Crippen molar-refractivity contribution in [1.82, 2.24) is 5.73 Å². The third-order valence-corrected chi connectivity index (χ3v) is 2.61. The van der Waals surface area contributed by atoms with E-state index in [9.17, 15) is 0 Å². The Morgan fingerprint density at radius 1 is 0.733 bits per heavy atom. The average molecular weight is 196 g/mol. The second kappa shape index (κ2) is 4.76. The van der Waals surface area contributed by atoms with Crippen molar-refractivity contribution in [2.45, 2.75) is 5.92 Å². The van der Waals surface area contributed by atoms with Crippen molar-refractivity contribution in [2.75, 3.05) is 6.54 Å². The van der Waals surface area contributed by atoms with Crippen molar-refractivity contribution in [3.63, 3.8) is 0 Å². The topological polar surface area (TPSA) is 23.8 Å². The lowest BCUT2D eigenvalue weighted by molar-refractivity contribution is 0.802. The van der Waals surface area contributed by atoms with Crippen LogP contribution in [-0.2, 0) is 0 Å². The summed E-state index contributed by atoms with van der Waals surface area (Å²) in [5.41, 5.74) is 10.1. The van der Waals surface area contributed by atoms with E-state index in [1.807, 2.05) is 36.4 Å². The van der Waals surface area contributed by atoms with Gasteiger partial charge in [-0.25, -0.2) is 0 Å². The Morgan fingerprint density at radius 2 is 1.13 bits per heavy atom. The minimum absolute atomic E-state index is 0.201. The normalized spacial score (nSPS) is 10.5. The van der Waals surface area contributed by atoms with E-state index in [4.69, 9.17) is 5.73 Å². The van der Waals surface area contributed by atoms with Crippen LogP contribution in [0.15, 0.2) is 60.7 Å². The molecule has 1 N–H and O–H groups in total. The largest absolute Gasteiger partial charge is 0.257 e. The Kier molecular flexibility index (Phi) is 3.15. The summed E-state index contributed by atoms with van der Waals surface area (Å²) >= 11 is 0. The molecule has 0 aliphatic rings. The summed E-state index contributed by atoms with van der Waals surface area (Å²) in [6.45, 7) is 0.397. The van der Waals surface area contributed by atoms with E-state index in [-0.39, 0.29) is 5.92 Å². The van der Waals surface area contributed by atoms with Gasteiger partial charge in [0.1, 0.15) is 0 Å². The Bertz CT molecular complexity index is 355. The summed E-state index contributed by atoms with van der Waals surface area (Å²) in [4.78, 5) is 0. The van der Waals surface area contributed by atoms with Crippen LogP contribution in [0.1, 0.15) is 17.0 Å². The molecular weight excluding hydrogens is 182 g/mol. The number of hydrogen-bond acceptors (Lipinski definition) is 0. The molecule has 0 unspecified atom stereocenters. The average Bonchev–Trinajstić information content (AvgIpc) is 2.33. The SMILES string of the molecule is [NH]CC(c1ccccc1)c1ccccc1. The summed E-state index contributed by atoms with van der Waals surface area (Å²) in [5.74, 6) is 0.201. The standard InChI is InChI=1S/C14H14N/c15-11-14(12-7-3-1-4-8-12)13-9-5-2-6-10-13/h1-10,14-15H,11H2. The van der Waals surface area contributed by atoms with Crippen LogP contribution < -0.4 is 5.73 Å². The summed E-state index contributed by atoms with van der Waals surface area (Å²) in [6.07, 6.45) is 0. The molecule has 0 aliphatic carbocycles. The van der Waals surface area contributed by atoms with Gasteiger partial charge in [0.2, 0.25) is 0 Å². The van der Waals surface area contributed by atoms with Crippen molar-refractivity contribution in [3.8, 4) is 0 Å². The minimum Gasteiger partial charge on any atom is -0.257 e. The molecule has 0 fully saturated rings. The van der Waals surface area contributed by atoms with E-state index in [0.29, 0.717) is 6.54 Å². The highest BCUT2D eigenvalue weighted by molar-refractivity contribution is 5.32. The van der Waals surface area contributed by atoms with Crippen LogP contribution in [0.25, 0.3) is 0 Å². The van der Waals surface area contributed by atoms with Crippen LogP contribution in [0, 0.1) is 0 Å². The predicted molar refractivity (Wildman–Crippen MR) is 62.7 cm³/mol. The molecule has 0 saturated heterocycles. The van der Waals surface area contributed by atoms with Gasteiger partial charge in [0.15, 0.2) is 0 Å². The van der Waals surface area contributed by atoms with Crippen LogP contribution in [0.5, 0.6) is 0 Å². The zero-order valence-electron chi connectivity index (χ0n) is 8.56. The Labute approximate surface area is 90.6 Å². The maximum atomic E-state index is 7.63. The van der Waals surface area contributed by atoms with Gasteiger partial charge in [-0.1, -0.05) is 60.7 Å². The summed E-state index contributed by atoms with van der Waals surface area (Å²) in [5, 5.41) is 0. The van der Waals surface area contributed by atoms with Gasteiger partial charge in [-0.05, 0) is 11.1 Å². The molecule has 0 heterocycles. The first-order chi connectivity index (χ1) is 7.42. The van der Waals surface area contributed by atoms with Gasteiger partial charge in [-0.3, -0.25) is 5.73 Å². The molecule has 2 aromatic carbocycles. The number of hydrogen-bond donors (Lipinski definition) is 0. The van der Waals surface area contributed by atoms with Gasteiger partial charge in [0.05, 0.1) is 0 Å². The maximum Gasteiger partial charge on any atom is 0.0228 e. The van der Waals surface area contributed by atoms with Crippen LogP contribution in [-0.4, -0.2) is 6.54 Å². The molecule has 0 aliphatic heterocycles. The highest BCUT2D eigenvalue weighted by Crippen LogP contribution is 2.23. The lowest BCUT2D eigenvalue weighted by atomic mass is 9.92. The Morgan fingerprint density at radius 3 is 1.47 bits per heavy atom. The van der Waals surface area contributed by atoms with Crippen LogP contribution in [0.3, 0.4) is 0 Å². The van der Waals surface area contributed by atoms with Gasteiger partial charge in [0.25, 0.3) is 0 Å². The molecule has 0 atom stereocenters. The second-order valence-corrected chi connectivity index (χ2v) is 3.58. The van der Waals surface area contributed by atoms with Crippen molar-refractivity contribution in [3.05, 3.63) is 71.8 Å². The van der Waals surface area contributed by atoms with Gasteiger partial charge >= 0.3 is 0 Å². The zero-order chi connectivity index (χ0) is 10.5. The molecule has 15 heavy (non-hydrogen) atoms. The van der Waals surface area contributed by atoms with E-state index in [2.05, 4.69) is 24.3 Å².